The number of thiophene rings is 1. The van der Waals surface area contributed by atoms with Crippen LogP contribution in [-0.2, 0) is 16.6 Å². The molecule has 0 saturated carbocycles. The Morgan fingerprint density at radius 1 is 1.40 bits per heavy atom. The summed E-state index contributed by atoms with van der Waals surface area (Å²) in [6.45, 7) is 1.67. The summed E-state index contributed by atoms with van der Waals surface area (Å²) in [5, 5.41) is 0.344. The van der Waals surface area contributed by atoms with Crippen molar-refractivity contribution in [2.45, 2.75) is 17.7 Å². The van der Waals surface area contributed by atoms with Crippen LogP contribution in [0.2, 0.25) is 5.02 Å². The van der Waals surface area contributed by atoms with Gasteiger partial charge in [-0.1, -0.05) is 23.7 Å². The molecule has 108 valence electrons. The summed E-state index contributed by atoms with van der Waals surface area (Å²) >= 11 is 10.0. The molecular weight excluding hydrogens is 389 g/mol. The van der Waals surface area contributed by atoms with E-state index < -0.39 is 10.0 Å². The van der Waals surface area contributed by atoms with Crippen molar-refractivity contribution in [3.05, 3.63) is 50.0 Å². The van der Waals surface area contributed by atoms with Gasteiger partial charge in [-0.25, -0.2) is 17.5 Å². The van der Waals surface area contributed by atoms with Gasteiger partial charge in [0.15, 0.2) is 0 Å². The molecule has 0 bridgehead atoms. The van der Waals surface area contributed by atoms with Crippen molar-refractivity contribution in [3.8, 4) is 0 Å². The largest absolute Gasteiger partial charge is 0.250 e. The molecule has 0 unspecified atom stereocenters. The van der Waals surface area contributed by atoms with E-state index in [1.807, 2.05) is 0 Å². The van der Waals surface area contributed by atoms with Gasteiger partial charge in [0.2, 0.25) is 10.0 Å². The molecule has 1 aromatic carbocycles. The number of benzene rings is 1. The Hall–Kier alpha value is -0.470. The second-order valence-corrected chi connectivity index (χ2v) is 8.87. The van der Waals surface area contributed by atoms with E-state index in [0.29, 0.717) is 19.9 Å². The molecule has 0 atom stereocenters. The van der Waals surface area contributed by atoms with E-state index >= 15 is 0 Å². The van der Waals surface area contributed by atoms with Crippen LogP contribution in [0.25, 0.3) is 0 Å². The zero-order valence-electron chi connectivity index (χ0n) is 10.3. The summed E-state index contributed by atoms with van der Waals surface area (Å²) in [5.74, 6) is -0.358. The van der Waals surface area contributed by atoms with Crippen LogP contribution in [0.1, 0.15) is 11.1 Å². The van der Waals surface area contributed by atoms with E-state index in [1.54, 1.807) is 19.1 Å². The van der Waals surface area contributed by atoms with E-state index in [4.69, 9.17) is 11.6 Å². The molecule has 3 nitrogen and oxygen atoms in total. The highest BCUT2D eigenvalue weighted by atomic mass is 79.9. The Morgan fingerprint density at radius 3 is 2.65 bits per heavy atom. The summed E-state index contributed by atoms with van der Waals surface area (Å²) in [4.78, 5) is 0. The van der Waals surface area contributed by atoms with Crippen molar-refractivity contribution in [1.82, 2.24) is 4.72 Å². The molecule has 0 spiro atoms. The smallest absolute Gasteiger partial charge is 0.207 e. The van der Waals surface area contributed by atoms with E-state index in [0.717, 1.165) is 11.3 Å². The molecule has 0 aliphatic heterocycles. The van der Waals surface area contributed by atoms with Gasteiger partial charge >= 0.3 is 0 Å². The van der Waals surface area contributed by atoms with Crippen LogP contribution in [0, 0.1) is 12.7 Å². The van der Waals surface area contributed by atoms with Gasteiger partial charge in [-0.3, -0.25) is 0 Å². The number of aryl methyl sites for hydroxylation is 1. The first-order chi connectivity index (χ1) is 9.29. The van der Waals surface area contributed by atoms with Crippen molar-refractivity contribution in [2.24, 2.45) is 0 Å². The fourth-order valence-corrected chi connectivity index (χ4v) is 4.92. The lowest BCUT2D eigenvalue weighted by molar-refractivity contribution is 0.582. The second kappa shape index (κ2) is 6.11. The van der Waals surface area contributed by atoms with Crippen molar-refractivity contribution in [1.29, 1.82) is 0 Å². The van der Waals surface area contributed by atoms with Gasteiger partial charge in [-0.15, -0.1) is 11.3 Å². The average molecular weight is 399 g/mol. The Morgan fingerprint density at radius 2 is 2.10 bits per heavy atom. The van der Waals surface area contributed by atoms with E-state index in [9.17, 15) is 12.8 Å². The maximum Gasteiger partial charge on any atom is 0.250 e. The molecule has 2 rings (SSSR count). The molecule has 0 aliphatic carbocycles. The van der Waals surface area contributed by atoms with Crippen LogP contribution in [0.4, 0.5) is 4.39 Å². The molecule has 1 heterocycles. The zero-order chi connectivity index (χ0) is 14.9. The lowest BCUT2D eigenvalue weighted by atomic mass is 10.1. The predicted octanol–water partition coefficient (Wildman–Crippen LogP) is 4.09. The Labute approximate surface area is 134 Å². The van der Waals surface area contributed by atoms with Crippen LogP contribution >= 0.6 is 38.9 Å². The van der Waals surface area contributed by atoms with Gasteiger partial charge < -0.3 is 0 Å². The van der Waals surface area contributed by atoms with Crippen molar-refractivity contribution >= 4 is 48.9 Å². The van der Waals surface area contributed by atoms with Crippen LogP contribution in [0.3, 0.4) is 0 Å². The molecule has 2 aromatic rings. The third-order valence-corrected chi connectivity index (χ3v) is 6.94. The normalized spacial score (nSPS) is 11.8. The molecule has 0 aliphatic rings. The minimum atomic E-state index is -3.65. The van der Waals surface area contributed by atoms with Crippen LogP contribution < -0.4 is 4.72 Å². The Balaban J connectivity index is 2.15. The maximum atomic E-state index is 13.4. The standard InChI is InChI=1S/C12H10BrClFNO2S2/c1-7-2-3-8(4-10(7)15)6-16-20(17,18)11-5-9(14)12(13)19-11/h2-5,16H,6H2,1H3. The number of hydrogen-bond donors (Lipinski definition) is 1. The van der Waals surface area contributed by atoms with Gasteiger partial charge in [-0.05, 0) is 46.1 Å². The highest BCUT2D eigenvalue weighted by Gasteiger charge is 2.18. The number of halogens is 3. The molecule has 0 amide bonds. The number of hydrogen-bond acceptors (Lipinski definition) is 3. The van der Waals surface area contributed by atoms with E-state index in [2.05, 4.69) is 20.7 Å². The highest BCUT2D eigenvalue weighted by Crippen LogP contribution is 2.34. The topological polar surface area (TPSA) is 46.2 Å². The lowest BCUT2D eigenvalue weighted by Crippen LogP contribution is -2.22. The van der Waals surface area contributed by atoms with Crippen LogP contribution in [0.5, 0.6) is 0 Å². The first-order valence-corrected chi connectivity index (χ1v) is 8.96. The van der Waals surface area contributed by atoms with Gasteiger partial charge in [0, 0.05) is 6.54 Å². The lowest BCUT2D eigenvalue weighted by Gasteiger charge is -2.06. The molecule has 0 radical (unpaired) electrons. The first-order valence-electron chi connectivity index (χ1n) is 5.49. The first kappa shape index (κ1) is 15.9. The minimum Gasteiger partial charge on any atom is -0.207 e. The number of nitrogens with one attached hydrogen (secondary N) is 1. The summed E-state index contributed by atoms with van der Waals surface area (Å²) in [6.07, 6.45) is 0. The quantitative estimate of drug-likeness (QED) is 0.843. The molecular formula is C12H10BrClFNO2S2. The second-order valence-electron chi connectivity index (χ2n) is 4.10. The zero-order valence-corrected chi connectivity index (χ0v) is 14.3. The molecule has 0 fully saturated rings. The summed E-state index contributed by atoms with van der Waals surface area (Å²) in [7, 11) is -3.65. The number of sulfonamides is 1. The monoisotopic (exact) mass is 397 g/mol. The molecule has 0 saturated heterocycles. The Bertz CT molecular complexity index is 726. The third-order valence-electron chi connectivity index (χ3n) is 2.59. The van der Waals surface area contributed by atoms with Gasteiger partial charge in [-0.2, -0.15) is 0 Å². The fraction of sp³-hybridized carbons (Fsp3) is 0.167. The summed E-state index contributed by atoms with van der Waals surface area (Å²) < 4.78 is 40.6. The SMILES string of the molecule is Cc1ccc(CNS(=O)(=O)c2cc(Cl)c(Br)s2)cc1F. The molecule has 20 heavy (non-hydrogen) atoms. The van der Waals surface area contributed by atoms with Crippen LogP contribution in [-0.4, -0.2) is 8.42 Å². The van der Waals surface area contributed by atoms with E-state index in [-0.39, 0.29) is 16.6 Å². The van der Waals surface area contributed by atoms with Gasteiger partial charge in [0.25, 0.3) is 0 Å². The van der Waals surface area contributed by atoms with Crippen molar-refractivity contribution in [2.75, 3.05) is 0 Å². The fourth-order valence-electron chi connectivity index (χ4n) is 1.45. The predicted molar refractivity (Wildman–Crippen MR) is 82.2 cm³/mol. The highest BCUT2D eigenvalue weighted by molar-refractivity contribution is 9.11. The molecule has 1 N–H and O–H groups in total. The van der Waals surface area contributed by atoms with Gasteiger partial charge in [0.1, 0.15) is 10.0 Å². The van der Waals surface area contributed by atoms with Crippen LogP contribution in [0.15, 0.2) is 32.3 Å². The van der Waals surface area contributed by atoms with E-state index in [1.165, 1.54) is 12.1 Å². The Kier molecular flexibility index (Phi) is 4.86. The summed E-state index contributed by atoms with van der Waals surface area (Å²) in [6, 6.07) is 5.97. The summed E-state index contributed by atoms with van der Waals surface area (Å²) in [5.41, 5.74) is 1.07. The number of rotatable bonds is 4. The third kappa shape index (κ3) is 3.59. The average Bonchev–Trinajstić information content (AvgIpc) is 2.72. The maximum absolute atomic E-state index is 13.4. The molecule has 8 heteroatoms. The minimum absolute atomic E-state index is 0.0205. The molecule has 1 aromatic heterocycles. The van der Waals surface area contributed by atoms with Crippen molar-refractivity contribution < 1.29 is 12.8 Å². The van der Waals surface area contributed by atoms with Gasteiger partial charge in [0.05, 0.1) is 8.81 Å². The van der Waals surface area contributed by atoms with Crippen molar-refractivity contribution in [3.63, 3.8) is 0 Å².